The Balaban J connectivity index is 2.03. The number of nitrogens with zero attached hydrogens (tertiary/aromatic N) is 3. The lowest BCUT2D eigenvalue weighted by Crippen LogP contribution is -2.37. The van der Waals surface area contributed by atoms with Crippen LogP contribution in [0.3, 0.4) is 0 Å². The number of halogens is 4. The van der Waals surface area contributed by atoms with E-state index in [4.69, 9.17) is 20.8 Å². The molecule has 0 atom stereocenters. The molecule has 4 rings (SSSR count). The van der Waals surface area contributed by atoms with Gasteiger partial charge in [-0.3, -0.25) is 4.79 Å². The Hall–Kier alpha value is -3.05. The summed E-state index contributed by atoms with van der Waals surface area (Å²) >= 11 is 6.20. The summed E-state index contributed by atoms with van der Waals surface area (Å²) in [7, 11) is 0. The molecule has 3 aromatic rings. The fourth-order valence-electron chi connectivity index (χ4n) is 3.32. The summed E-state index contributed by atoms with van der Waals surface area (Å²) in [6.07, 6.45) is -4.21. The van der Waals surface area contributed by atoms with E-state index in [1.165, 1.54) is 12.1 Å². The molecule has 1 aromatic carbocycles. The summed E-state index contributed by atoms with van der Waals surface area (Å²) in [6, 6.07) is 4.56. The second-order valence-electron chi connectivity index (χ2n) is 6.48. The summed E-state index contributed by atoms with van der Waals surface area (Å²) in [6.45, 7) is 1.64. The van der Waals surface area contributed by atoms with Crippen molar-refractivity contribution >= 4 is 34.1 Å². The molecular weight excluding hydrogens is 431 g/mol. The largest absolute Gasteiger partial charge is 0.805 e. The van der Waals surface area contributed by atoms with Crippen LogP contribution in [-0.2, 0) is 10.9 Å². The van der Waals surface area contributed by atoms with Crippen LogP contribution in [0.5, 0.6) is 0 Å². The van der Waals surface area contributed by atoms with Gasteiger partial charge in [0.2, 0.25) is 5.69 Å². The Morgan fingerprint density at radius 2 is 1.93 bits per heavy atom. The van der Waals surface area contributed by atoms with Crippen LogP contribution in [-0.4, -0.2) is 36.8 Å². The molecule has 1 aliphatic rings. The topological polar surface area (TPSA) is 93.6 Å². The minimum absolute atomic E-state index is 0.00719. The van der Waals surface area contributed by atoms with Crippen molar-refractivity contribution in [2.24, 2.45) is 0 Å². The molecule has 30 heavy (non-hydrogen) atoms. The Morgan fingerprint density at radius 1 is 1.23 bits per heavy atom. The number of aromatic nitrogens is 2. The first-order valence-electron chi connectivity index (χ1n) is 8.70. The maximum atomic E-state index is 13.7. The van der Waals surface area contributed by atoms with Crippen molar-refractivity contribution in [2.45, 2.75) is 6.18 Å². The Kier molecular flexibility index (Phi) is 4.94. The number of benzene rings is 1. The van der Waals surface area contributed by atoms with E-state index < -0.39 is 44.9 Å². The lowest BCUT2D eigenvalue weighted by atomic mass is 10.1. The number of anilines is 1. The number of alkyl halides is 3. The highest BCUT2D eigenvalue weighted by Gasteiger charge is 2.46. The van der Waals surface area contributed by atoms with Crippen LogP contribution >= 0.6 is 11.6 Å². The van der Waals surface area contributed by atoms with E-state index in [1.807, 2.05) is 0 Å². The minimum Gasteiger partial charge on any atom is -0.805 e. The van der Waals surface area contributed by atoms with Crippen molar-refractivity contribution < 1.29 is 31.5 Å². The molecule has 158 valence electrons. The Bertz CT molecular complexity index is 1180. The molecule has 0 bridgehead atoms. The molecule has 8 nitrogen and oxygen atoms in total. The summed E-state index contributed by atoms with van der Waals surface area (Å²) in [5, 5.41) is 12.6. The molecule has 0 aliphatic carbocycles. The molecule has 2 aromatic heterocycles. The zero-order valence-corrected chi connectivity index (χ0v) is 15.9. The summed E-state index contributed by atoms with van der Waals surface area (Å²) < 4.78 is 50.4. The number of hydrogen-bond donors (Lipinski definition) is 0. The van der Waals surface area contributed by atoms with E-state index in [0.29, 0.717) is 32.0 Å². The maximum Gasteiger partial charge on any atom is 0.438 e. The van der Waals surface area contributed by atoms with E-state index in [0.717, 1.165) is 18.4 Å². The van der Waals surface area contributed by atoms with Crippen molar-refractivity contribution in [3.63, 3.8) is 0 Å². The predicted octanol–water partition coefficient (Wildman–Crippen LogP) is 3.23. The van der Waals surface area contributed by atoms with Crippen LogP contribution in [0.4, 0.5) is 18.9 Å². The van der Waals surface area contributed by atoms with Gasteiger partial charge in [-0.25, -0.2) is 0 Å². The number of furan rings is 1. The lowest BCUT2D eigenvalue weighted by molar-refractivity contribution is -0.470. The number of carbonyl (C=O) groups excluding carboxylic acids is 1. The van der Waals surface area contributed by atoms with Crippen molar-refractivity contribution in [3.8, 4) is 0 Å². The Labute approximate surface area is 171 Å². The zero-order valence-electron chi connectivity index (χ0n) is 15.1. The van der Waals surface area contributed by atoms with Gasteiger partial charge >= 0.3 is 11.9 Å². The molecular formula is C18H13ClF3N3O5. The van der Waals surface area contributed by atoms with Crippen LogP contribution in [0.15, 0.2) is 34.9 Å². The lowest BCUT2D eigenvalue weighted by Gasteiger charge is -2.29. The smallest absolute Gasteiger partial charge is 0.438 e. The number of rotatable bonds is 3. The number of ketones is 1. The van der Waals surface area contributed by atoms with Crippen molar-refractivity contribution in [1.82, 2.24) is 4.73 Å². The fourth-order valence-corrected chi connectivity index (χ4v) is 3.60. The van der Waals surface area contributed by atoms with Gasteiger partial charge in [-0.2, -0.15) is 13.2 Å². The molecule has 0 radical (unpaired) electrons. The quantitative estimate of drug-likeness (QED) is 0.456. The highest BCUT2D eigenvalue weighted by Crippen LogP contribution is 2.36. The van der Waals surface area contributed by atoms with Gasteiger partial charge in [0, 0.05) is 24.1 Å². The second kappa shape index (κ2) is 7.33. The molecule has 0 saturated carbocycles. The first-order valence-corrected chi connectivity index (χ1v) is 9.08. The third-order valence-electron chi connectivity index (χ3n) is 4.69. The highest BCUT2D eigenvalue weighted by molar-refractivity contribution is 6.34. The standard InChI is InChI=1S/C18H13ClF3N3O5/c19-10-8-12-13(9-11(10)23-3-6-29-7-4-23)24(27)15(16(26)14-2-1-5-30-14)17(25(12)28)18(20,21)22/h1-2,5,8-9H,3-4,6-7H2. The van der Waals surface area contributed by atoms with Gasteiger partial charge in [0.1, 0.15) is 5.52 Å². The molecule has 12 heteroatoms. The highest BCUT2D eigenvalue weighted by atomic mass is 35.5. The summed E-state index contributed by atoms with van der Waals surface area (Å²) in [5.41, 5.74) is -4.03. The van der Waals surface area contributed by atoms with Gasteiger partial charge in [0.15, 0.2) is 5.76 Å². The maximum absolute atomic E-state index is 13.7. The molecule has 1 fully saturated rings. The van der Waals surface area contributed by atoms with Gasteiger partial charge < -0.3 is 24.0 Å². The zero-order chi connectivity index (χ0) is 21.6. The minimum atomic E-state index is -5.28. The monoisotopic (exact) mass is 443 g/mol. The van der Waals surface area contributed by atoms with Gasteiger partial charge in [-0.05, 0) is 18.2 Å². The third-order valence-corrected chi connectivity index (χ3v) is 5.00. The normalized spacial score (nSPS) is 15.0. The SMILES string of the molecule is O=C(c1ccco1)c1c(C(F)(F)F)n([O-])c2cc(Cl)c(N3CCOCC3)cc2[n+]1=O. The molecule has 0 N–H and O–H groups in total. The number of hydrogen-bond acceptors (Lipinski definition) is 6. The van der Waals surface area contributed by atoms with Crippen LogP contribution in [0.2, 0.25) is 5.02 Å². The molecule has 0 unspecified atom stereocenters. The van der Waals surface area contributed by atoms with Crippen molar-refractivity contribution in [2.75, 3.05) is 31.2 Å². The van der Waals surface area contributed by atoms with Crippen molar-refractivity contribution in [3.05, 3.63) is 62.8 Å². The summed E-state index contributed by atoms with van der Waals surface area (Å²) in [5.74, 6) is -1.87. The average molecular weight is 444 g/mol. The van der Waals surface area contributed by atoms with E-state index in [9.17, 15) is 28.1 Å². The second-order valence-corrected chi connectivity index (χ2v) is 6.89. The van der Waals surface area contributed by atoms with Gasteiger partial charge in [0.25, 0.3) is 11.3 Å². The van der Waals surface area contributed by atoms with Crippen LogP contribution < -0.4 is 9.33 Å². The van der Waals surface area contributed by atoms with Crippen LogP contribution in [0.25, 0.3) is 11.0 Å². The summed E-state index contributed by atoms with van der Waals surface area (Å²) in [4.78, 5) is 27.3. The van der Waals surface area contributed by atoms with Crippen molar-refractivity contribution in [1.29, 1.82) is 0 Å². The molecule has 1 aliphatic heterocycles. The molecule has 0 amide bonds. The molecule has 0 spiro atoms. The van der Waals surface area contributed by atoms with Gasteiger partial charge in [-0.1, -0.05) is 11.6 Å². The van der Waals surface area contributed by atoms with Crippen LogP contribution in [0.1, 0.15) is 21.9 Å². The van der Waals surface area contributed by atoms with Crippen LogP contribution in [0, 0.1) is 10.1 Å². The van der Waals surface area contributed by atoms with Gasteiger partial charge in [-0.15, -0.1) is 0 Å². The molecule has 3 heterocycles. The van der Waals surface area contributed by atoms with E-state index in [1.54, 1.807) is 4.90 Å². The first-order chi connectivity index (χ1) is 14.2. The van der Waals surface area contributed by atoms with E-state index in [2.05, 4.69) is 0 Å². The number of morpholine rings is 1. The van der Waals surface area contributed by atoms with E-state index in [-0.39, 0.29) is 9.45 Å². The predicted molar refractivity (Wildman–Crippen MR) is 99.3 cm³/mol. The Morgan fingerprint density at radius 3 is 2.53 bits per heavy atom. The van der Waals surface area contributed by atoms with E-state index >= 15 is 0 Å². The van der Waals surface area contributed by atoms with Gasteiger partial charge in [0.05, 0.1) is 34.6 Å². The number of fused-ring (bicyclic) bond motifs is 1. The average Bonchev–Trinajstić information content (AvgIpc) is 3.24. The fraction of sp³-hybridized carbons (Fsp3) is 0.278. The first kappa shape index (κ1) is 20.2. The number of ether oxygens (including phenoxy) is 1. The molecule has 1 saturated heterocycles. The number of carbonyl (C=O) groups is 1. The third kappa shape index (κ3) is 3.29.